The zero-order chi connectivity index (χ0) is 16.5. The number of hydrogen-bond acceptors (Lipinski definition) is 2. The summed E-state index contributed by atoms with van der Waals surface area (Å²) in [5.41, 5.74) is 1.03. The molecule has 0 bridgehead atoms. The summed E-state index contributed by atoms with van der Waals surface area (Å²) in [5.74, 6) is -0.213. The molecule has 1 aromatic rings. The van der Waals surface area contributed by atoms with Gasteiger partial charge in [-0.05, 0) is 18.9 Å². The van der Waals surface area contributed by atoms with Crippen LogP contribution in [-0.4, -0.2) is 29.3 Å². The van der Waals surface area contributed by atoms with Crippen LogP contribution in [0.4, 0.5) is 0 Å². The summed E-state index contributed by atoms with van der Waals surface area (Å²) in [7, 11) is 0. The van der Waals surface area contributed by atoms with E-state index in [0.29, 0.717) is 13.1 Å². The second kappa shape index (κ2) is 9.23. The largest absolute Gasteiger partial charge is 0.354 e. The summed E-state index contributed by atoms with van der Waals surface area (Å²) in [5, 5.41) is 2.91. The zero-order valence-corrected chi connectivity index (χ0v) is 14.1. The molecular formula is C18H28N2O2. The summed E-state index contributed by atoms with van der Waals surface area (Å²) in [6.45, 7) is 8.73. The Bertz CT molecular complexity index is 471. The highest BCUT2D eigenvalue weighted by atomic mass is 16.2. The van der Waals surface area contributed by atoms with Crippen molar-refractivity contribution in [3.8, 4) is 0 Å². The van der Waals surface area contributed by atoms with Gasteiger partial charge in [0.2, 0.25) is 11.8 Å². The molecule has 0 heterocycles. The quantitative estimate of drug-likeness (QED) is 0.751. The van der Waals surface area contributed by atoms with Gasteiger partial charge in [-0.1, -0.05) is 57.5 Å². The molecule has 122 valence electrons. The molecule has 0 spiro atoms. The molecule has 0 aliphatic rings. The normalized spacial score (nSPS) is 12.0. The lowest BCUT2D eigenvalue weighted by atomic mass is 10.1. The number of unbranched alkanes of at least 4 members (excludes halogenated alkanes) is 1. The molecule has 1 N–H and O–H groups in total. The highest BCUT2D eigenvalue weighted by molar-refractivity contribution is 5.88. The van der Waals surface area contributed by atoms with Gasteiger partial charge in [0.1, 0.15) is 6.04 Å². The number of rotatable bonds is 8. The van der Waals surface area contributed by atoms with Gasteiger partial charge >= 0.3 is 0 Å². The number of carbonyl (C=O) groups is 2. The molecule has 0 unspecified atom stereocenters. The Morgan fingerprint density at radius 2 is 1.77 bits per heavy atom. The molecule has 0 saturated heterocycles. The van der Waals surface area contributed by atoms with E-state index in [-0.39, 0.29) is 17.7 Å². The maximum atomic E-state index is 12.5. The van der Waals surface area contributed by atoms with Gasteiger partial charge in [0.25, 0.3) is 0 Å². The SMILES string of the molecule is CCCCNC(=O)[C@H](C)N(Cc1ccccc1)C(=O)C(C)C. The van der Waals surface area contributed by atoms with Crippen molar-refractivity contribution in [2.24, 2.45) is 5.92 Å². The first-order valence-electron chi connectivity index (χ1n) is 8.09. The van der Waals surface area contributed by atoms with Crippen molar-refractivity contribution >= 4 is 11.8 Å². The van der Waals surface area contributed by atoms with Crippen LogP contribution in [0.1, 0.15) is 46.1 Å². The Balaban J connectivity index is 2.80. The van der Waals surface area contributed by atoms with Crippen molar-refractivity contribution in [3.63, 3.8) is 0 Å². The first-order valence-corrected chi connectivity index (χ1v) is 8.09. The van der Waals surface area contributed by atoms with Gasteiger partial charge in [0, 0.05) is 19.0 Å². The van der Waals surface area contributed by atoms with Crippen molar-refractivity contribution in [1.29, 1.82) is 0 Å². The predicted molar refractivity (Wildman–Crippen MR) is 89.2 cm³/mol. The Hall–Kier alpha value is -1.84. The van der Waals surface area contributed by atoms with Crippen LogP contribution in [0.5, 0.6) is 0 Å². The van der Waals surface area contributed by atoms with Crippen LogP contribution in [0.25, 0.3) is 0 Å². The van der Waals surface area contributed by atoms with E-state index in [1.54, 1.807) is 11.8 Å². The van der Waals surface area contributed by atoms with Crippen LogP contribution in [0, 0.1) is 5.92 Å². The van der Waals surface area contributed by atoms with E-state index in [1.807, 2.05) is 44.2 Å². The van der Waals surface area contributed by atoms with Crippen LogP contribution in [-0.2, 0) is 16.1 Å². The molecule has 0 aromatic heterocycles. The maximum Gasteiger partial charge on any atom is 0.242 e. The van der Waals surface area contributed by atoms with Crippen LogP contribution in [0.3, 0.4) is 0 Å². The summed E-state index contributed by atoms with van der Waals surface area (Å²) in [4.78, 5) is 26.4. The third-order valence-corrected chi connectivity index (χ3v) is 3.65. The number of hydrogen-bond donors (Lipinski definition) is 1. The molecule has 1 atom stereocenters. The molecule has 1 aromatic carbocycles. The molecule has 4 nitrogen and oxygen atoms in total. The third-order valence-electron chi connectivity index (χ3n) is 3.65. The van der Waals surface area contributed by atoms with E-state index < -0.39 is 6.04 Å². The molecule has 2 amide bonds. The molecule has 1 rings (SSSR count). The second-order valence-electron chi connectivity index (χ2n) is 5.93. The molecule has 4 heteroatoms. The average Bonchev–Trinajstić information content (AvgIpc) is 2.52. The van der Waals surface area contributed by atoms with Crippen molar-refractivity contribution in [2.75, 3.05) is 6.54 Å². The van der Waals surface area contributed by atoms with Crippen molar-refractivity contribution in [3.05, 3.63) is 35.9 Å². The lowest BCUT2D eigenvalue weighted by Crippen LogP contribution is -2.49. The van der Waals surface area contributed by atoms with E-state index in [0.717, 1.165) is 18.4 Å². The fourth-order valence-corrected chi connectivity index (χ4v) is 2.20. The van der Waals surface area contributed by atoms with Gasteiger partial charge in [0.05, 0.1) is 0 Å². The van der Waals surface area contributed by atoms with Gasteiger partial charge < -0.3 is 10.2 Å². The van der Waals surface area contributed by atoms with Gasteiger partial charge in [-0.15, -0.1) is 0 Å². The minimum absolute atomic E-state index is 0.00185. The minimum Gasteiger partial charge on any atom is -0.354 e. The Morgan fingerprint density at radius 1 is 1.14 bits per heavy atom. The van der Waals surface area contributed by atoms with Crippen LogP contribution >= 0.6 is 0 Å². The molecule has 0 saturated carbocycles. The lowest BCUT2D eigenvalue weighted by molar-refractivity contribution is -0.143. The predicted octanol–water partition coefficient (Wildman–Crippen LogP) is 2.98. The summed E-state index contributed by atoms with van der Waals surface area (Å²) in [6.07, 6.45) is 1.99. The van der Waals surface area contributed by atoms with E-state index in [4.69, 9.17) is 0 Å². The average molecular weight is 304 g/mol. The summed E-state index contributed by atoms with van der Waals surface area (Å²) < 4.78 is 0. The number of nitrogens with zero attached hydrogens (tertiary/aromatic N) is 1. The van der Waals surface area contributed by atoms with Crippen molar-refractivity contribution in [1.82, 2.24) is 10.2 Å². The number of amides is 2. The highest BCUT2D eigenvalue weighted by Gasteiger charge is 2.27. The first kappa shape index (κ1) is 18.2. The molecule has 0 aliphatic carbocycles. The van der Waals surface area contributed by atoms with E-state index in [1.165, 1.54) is 0 Å². The fourth-order valence-electron chi connectivity index (χ4n) is 2.20. The van der Waals surface area contributed by atoms with Crippen molar-refractivity contribution < 1.29 is 9.59 Å². The Morgan fingerprint density at radius 3 is 2.32 bits per heavy atom. The summed E-state index contributed by atoms with van der Waals surface area (Å²) in [6, 6.07) is 9.31. The number of benzene rings is 1. The minimum atomic E-state index is -0.466. The zero-order valence-electron chi connectivity index (χ0n) is 14.1. The van der Waals surface area contributed by atoms with E-state index in [9.17, 15) is 9.59 Å². The van der Waals surface area contributed by atoms with Crippen LogP contribution in [0.15, 0.2) is 30.3 Å². The second-order valence-corrected chi connectivity index (χ2v) is 5.93. The van der Waals surface area contributed by atoms with E-state index >= 15 is 0 Å². The maximum absolute atomic E-state index is 12.5. The Kier molecular flexibility index (Phi) is 7.64. The van der Waals surface area contributed by atoms with Crippen LogP contribution < -0.4 is 5.32 Å². The molecule has 0 fully saturated rings. The smallest absolute Gasteiger partial charge is 0.242 e. The topological polar surface area (TPSA) is 49.4 Å². The molecule has 0 radical (unpaired) electrons. The fraction of sp³-hybridized carbons (Fsp3) is 0.556. The van der Waals surface area contributed by atoms with Gasteiger partial charge in [-0.2, -0.15) is 0 Å². The van der Waals surface area contributed by atoms with Gasteiger partial charge in [-0.3, -0.25) is 9.59 Å². The van der Waals surface area contributed by atoms with Gasteiger partial charge in [-0.25, -0.2) is 0 Å². The highest BCUT2D eigenvalue weighted by Crippen LogP contribution is 2.13. The first-order chi connectivity index (χ1) is 10.5. The van der Waals surface area contributed by atoms with E-state index in [2.05, 4.69) is 12.2 Å². The number of carbonyl (C=O) groups excluding carboxylic acids is 2. The Labute approximate surface area is 133 Å². The standard InChI is InChI=1S/C18H28N2O2/c1-5-6-12-19-17(21)15(4)20(18(22)14(2)3)13-16-10-8-7-9-11-16/h7-11,14-15H,5-6,12-13H2,1-4H3,(H,19,21)/t15-/m0/s1. The third kappa shape index (κ3) is 5.51. The molecule has 0 aliphatic heterocycles. The molecule has 22 heavy (non-hydrogen) atoms. The molecular weight excluding hydrogens is 276 g/mol. The summed E-state index contributed by atoms with van der Waals surface area (Å²) >= 11 is 0. The lowest BCUT2D eigenvalue weighted by Gasteiger charge is -2.30. The van der Waals surface area contributed by atoms with Crippen molar-refractivity contribution in [2.45, 2.75) is 53.1 Å². The number of nitrogens with one attached hydrogen (secondary N) is 1. The van der Waals surface area contributed by atoms with Gasteiger partial charge in [0.15, 0.2) is 0 Å². The van der Waals surface area contributed by atoms with Crippen LogP contribution in [0.2, 0.25) is 0 Å². The monoisotopic (exact) mass is 304 g/mol.